The summed E-state index contributed by atoms with van der Waals surface area (Å²) in [4.78, 5) is 0. The van der Waals surface area contributed by atoms with Crippen LogP contribution in [0.1, 0.15) is 18.5 Å². The van der Waals surface area contributed by atoms with E-state index in [1.54, 1.807) is 0 Å². The zero-order chi connectivity index (χ0) is 14.7. The van der Waals surface area contributed by atoms with E-state index in [4.69, 9.17) is 4.74 Å². The molecule has 0 bridgehead atoms. The van der Waals surface area contributed by atoms with E-state index in [1.807, 2.05) is 49.5 Å². The molecule has 1 N–H and O–H groups in total. The van der Waals surface area contributed by atoms with E-state index in [0.717, 1.165) is 22.4 Å². The minimum atomic E-state index is 0.246. The summed E-state index contributed by atoms with van der Waals surface area (Å²) < 4.78 is 6.21. The van der Waals surface area contributed by atoms with Crippen LogP contribution in [0.4, 0.5) is 0 Å². The van der Waals surface area contributed by atoms with Gasteiger partial charge in [0.05, 0.1) is 0 Å². The number of nitrogens with one attached hydrogen (secondary N) is 1. The molecule has 3 aromatic rings. The van der Waals surface area contributed by atoms with Gasteiger partial charge in [0.2, 0.25) is 0 Å². The van der Waals surface area contributed by atoms with Crippen LogP contribution < -0.4 is 10.1 Å². The smallest absolute Gasteiger partial charge is 0.135 e. The summed E-state index contributed by atoms with van der Waals surface area (Å²) in [6, 6.07) is 22.8. The summed E-state index contributed by atoms with van der Waals surface area (Å²) >= 11 is 0. The van der Waals surface area contributed by atoms with Crippen molar-refractivity contribution in [3.8, 4) is 11.5 Å². The Kier molecular flexibility index (Phi) is 3.89. The predicted octanol–water partition coefficient (Wildman–Crippen LogP) is 4.91. The Labute approximate surface area is 125 Å². The lowest BCUT2D eigenvalue weighted by atomic mass is 10.1. The van der Waals surface area contributed by atoms with Gasteiger partial charge in [-0.25, -0.2) is 0 Å². The van der Waals surface area contributed by atoms with Crippen molar-refractivity contribution in [1.82, 2.24) is 5.32 Å². The van der Waals surface area contributed by atoms with Gasteiger partial charge in [-0.3, -0.25) is 0 Å². The molecule has 2 heteroatoms. The fourth-order valence-electron chi connectivity index (χ4n) is 2.49. The highest BCUT2D eigenvalue weighted by Crippen LogP contribution is 2.33. The van der Waals surface area contributed by atoms with Crippen LogP contribution in [0.2, 0.25) is 0 Å². The highest BCUT2D eigenvalue weighted by molar-refractivity contribution is 5.88. The molecule has 1 atom stereocenters. The fraction of sp³-hybridized carbons (Fsp3) is 0.158. The lowest BCUT2D eigenvalue weighted by Gasteiger charge is -2.17. The van der Waals surface area contributed by atoms with Crippen LogP contribution in [0, 0.1) is 0 Å². The monoisotopic (exact) mass is 277 g/mol. The van der Waals surface area contributed by atoms with Crippen molar-refractivity contribution in [2.45, 2.75) is 13.0 Å². The Balaban J connectivity index is 2.03. The molecule has 0 aliphatic heterocycles. The first kappa shape index (κ1) is 13.7. The van der Waals surface area contributed by atoms with Crippen LogP contribution in [-0.4, -0.2) is 7.05 Å². The van der Waals surface area contributed by atoms with Gasteiger partial charge in [-0.2, -0.15) is 0 Å². The third-order valence-electron chi connectivity index (χ3n) is 3.79. The molecular weight excluding hydrogens is 258 g/mol. The van der Waals surface area contributed by atoms with E-state index in [0.29, 0.717) is 0 Å². The topological polar surface area (TPSA) is 21.3 Å². The highest BCUT2D eigenvalue weighted by atomic mass is 16.5. The second kappa shape index (κ2) is 5.98. The van der Waals surface area contributed by atoms with Gasteiger partial charge in [0, 0.05) is 17.0 Å². The van der Waals surface area contributed by atoms with Crippen molar-refractivity contribution in [3.63, 3.8) is 0 Å². The van der Waals surface area contributed by atoms with E-state index in [9.17, 15) is 0 Å². The van der Waals surface area contributed by atoms with Crippen molar-refractivity contribution < 1.29 is 4.74 Å². The average molecular weight is 277 g/mol. The highest BCUT2D eigenvalue weighted by Gasteiger charge is 2.11. The molecule has 3 aromatic carbocycles. The van der Waals surface area contributed by atoms with Crippen molar-refractivity contribution in [1.29, 1.82) is 0 Å². The van der Waals surface area contributed by atoms with Crippen molar-refractivity contribution in [3.05, 3.63) is 72.3 Å². The molecule has 0 radical (unpaired) electrons. The number of para-hydroxylation sites is 1. The van der Waals surface area contributed by atoms with E-state index in [2.05, 4.69) is 36.5 Å². The summed E-state index contributed by atoms with van der Waals surface area (Å²) in [5, 5.41) is 5.58. The number of hydrogen-bond donors (Lipinski definition) is 1. The molecule has 1 unspecified atom stereocenters. The van der Waals surface area contributed by atoms with Gasteiger partial charge in [0.15, 0.2) is 0 Å². The van der Waals surface area contributed by atoms with E-state index in [1.165, 1.54) is 5.39 Å². The van der Waals surface area contributed by atoms with Crippen LogP contribution >= 0.6 is 0 Å². The molecule has 0 aromatic heterocycles. The SMILES string of the molecule is CNC(C)c1ccccc1Oc1cccc2ccccc12. The Hall–Kier alpha value is -2.32. The molecule has 0 saturated carbocycles. The van der Waals surface area contributed by atoms with Crippen molar-refractivity contribution in [2.24, 2.45) is 0 Å². The second-order valence-corrected chi connectivity index (χ2v) is 5.13. The molecule has 0 amide bonds. The maximum atomic E-state index is 6.21. The average Bonchev–Trinajstić information content (AvgIpc) is 2.55. The van der Waals surface area contributed by atoms with E-state index in [-0.39, 0.29) is 6.04 Å². The van der Waals surface area contributed by atoms with Crippen molar-refractivity contribution >= 4 is 10.8 Å². The minimum absolute atomic E-state index is 0.246. The summed E-state index contributed by atoms with van der Waals surface area (Å²) in [6.45, 7) is 2.13. The van der Waals surface area contributed by atoms with Gasteiger partial charge in [-0.05, 0) is 31.5 Å². The quantitative estimate of drug-likeness (QED) is 0.731. The molecule has 0 aliphatic carbocycles. The van der Waals surface area contributed by atoms with Crippen LogP contribution in [0.5, 0.6) is 11.5 Å². The Morgan fingerprint density at radius 1 is 0.810 bits per heavy atom. The minimum Gasteiger partial charge on any atom is -0.456 e. The molecule has 106 valence electrons. The van der Waals surface area contributed by atoms with Gasteiger partial charge in [0.1, 0.15) is 11.5 Å². The lowest BCUT2D eigenvalue weighted by Crippen LogP contribution is -2.13. The van der Waals surface area contributed by atoms with E-state index < -0.39 is 0 Å². The number of fused-ring (bicyclic) bond motifs is 1. The Morgan fingerprint density at radius 3 is 2.33 bits per heavy atom. The lowest BCUT2D eigenvalue weighted by molar-refractivity contribution is 0.471. The third-order valence-corrected chi connectivity index (χ3v) is 3.79. The zero-order valence-corrected chi connectivity index (χ0v) is 12.3. The Morgan fingerprint density at radius 2 is 1.48 bits per heavy atom. The molecule has 0 saturated heterocycles. The van der Waals surface area contributed by atoms with Gasteiger partial charge >= 0.3 is 0 Å². The van der Waals surface area contributed by atoms with Crippen molar-refractivity contribution in [2.75, 3.05) is 7.05 Å². The third kappa shape index (κ3) is 2.76. The second-order valence-electron chi connectivity index (χ2n) is 5.13. The van der Waals surface area contributed by atoms with Crippen LogP contribution in [0.3, 0.4) is 0 Å². The fourth-order valence-corrected chi connectivity index (χ4v) is 2.49. The standard InChI is InChI=1S/C19H19NO/c1-14(20-2)16-10-5-6-12-18(16)21-19-13-7-9-15-8-3-4-11-17(15)19/h3-14,20H,1-2H3. The number of rotatable bonds is 4. The first-order valence-corrected chi connectivity index (χ1v) is 7.21. The maximum absolute atomic E-state index is 6.21. The largest absolute Gasteiger partial charge is 0.456 e. The molecule has 2 nitrogen and oxygen atoms in total. The first-order valence-electron chi connectivity index (χ1n) is 7.21. The number of hydrogen-bond acceptors (Lipinski definition) is 2. The number of ether oxygens (including phenoxy) is 1. The predicted molar refractivity (Wildman–Crippen MR) is 87.9 cm³/mol. The molecular formula is C19H19NO. The maximum Gasteiger partial charge on any atom is 0.135 e. The van der Waals surface area contributed by atoms with Gasteiger partial charge in [0.25, 0.3) is 0 Å². The summed E-state index contributed by atoms with van der Waals surface area (Å²) in [6.07, 6.45) is 0. The van der Waals surface area contributed by atoms with Gasteiger partial charge in [-0.15, -0.1) is 0 Å². The van der Waals surface area contributed by atoms with Crippen LogP contribution in [-0.2, 0) is 0 Å². The van der Waals surface area contributed by atoms with Gasteiger partial charge < -0.3 is 10.1 Å². The Bertz CT molecular complexity index is 746. The molecule has 21 heavy (non-hydrogen) atoms. The number of benzene rings is 3. The molecule has 0 fully saturated rings. The summed E-state index contributed by atoms with van der Waals surface area (Å²) in [7, 11) is 1.96. The molecule has 0 spiro atoms. The van der Waals surface area contributed by atoms with Gasteiger partial charge in [-0.1, -0.05) is 54.6 Å². The van der Waals surface area contributed by atoms with Crippen LogP contribution in [0.15, 0.2) is 66.7 Å². The van der Waals surface area contributed by atoms with E-state index >= 15 is 0 Å². The van der Waals surface area contributed by atoms with Crippen LogP contribution in [0.25, 0.3) is 10.8 Å². The zero-order valence-electron chi connectivity index (χ0n) is 12.3. The summed E-state index contributed by atoms with van der Waals surface area (Å²) in [5.74, 6) is 1.79. The molecule has 0 heterocycles. The normalized spacial score (nSPS) is 12.3. The molecule has 3 rings (SSSR count). The summed E-state index contributed by atoms with van der Waals surface area (Å²) in [5.41, 5.74) is 1.16. The first-order chi connectivity index (χ1) is 10.3. The molecule has 0 aliphatic rings.